The maximum atomic E-state index is 6.24. The van der Waals surface area contributed by atoms with Crippen LogP contribution < -0.4 is 5.32 Å². The smallest absolute Gasteiger partial charge is 0.0508 e. The summed E-state index contributed by atoms with van der Waals surface area (Å²) in [6.07, 6.45) is 2.87. The molecule has 0 saturated heterocycles. The number of benzene rings is 1. The van der Waals surface area contributed by atoms with E-state index in [9.17, 15) is 0 Å². The van der Waals surface area contributed by atoms with Crippen molar-refractivity contribution >= 4 is 23.4 Å². The summed E-state index contributed by atoms with van der Waals surface area (Å²) in [5.41, 5.74) is 4.42. The summed E-state index contributed by atoms with van der Waals surface area (Å²) in [7, 11) is 0. The molecule has 0 bridgehead atoms. The van der Waals surface area contributed by atoms with Crippen LogP contribution in [0.5, 0.6) is 0 Å². The molecule has 17 heavy (non-hydrogen) atoms. The third-order valence-corrected chi connectivity index (χ3v) is 3.81. The highest BCUT2D eigenvalue weighted by atomic mass is 35.5. The summed E-state index contributed by atoms with van der Waals surface area (Å²) >= 11 is 6.24. The van der Waals surface area contributed by atoms with Crippen LogP contribution in [-0.4, -0.2) is 4.87 Å². The predicted molar refractivity (Wildman–Crippen MR) is 76.4 cm³/mol. The lowest BCUT2D eigenvalue weighted by atomic mass is 10.1. The number of alkyl halides is 1. The fraction of sp³-hybridized carbons (Fsp3) is 0.333. The normalized spacial score (nSPS) is 26.4. The Hall–Kier alpha value is -1.21. The lowest BCUT2D eigenvalue weighted by Gasteiger charge is -2.12. The second kappa shape index (κ2) is 4.23. The fourth-order valence-corrected chi connectivity index (χ4v) is 2.32. The fourth-order valence-electron chi connectivity index (χ4n) is 2.04. The van der Waals surface area contributed by atoms with Gasteiger partial charge in [0.1, 0.15) is 0 Å². The number of hydrogen-bond acceptors (Lipinski definition) is 1. The summed E-state index contributed by atoms with van der Waals surface area (Å²) < 4.78 is 0. The molecule has 0 radical (unpaired) electrons. The van der Waals surface area contributed by atoms with Gasteiger partial charge in [0.05, 0.1) is 4.87 Å². The first-order valence-electron chi connectivity index (χ1n) is 5.82. The van der Waals surface area contributed by atoms with Gasteiger partial charge in [0, 0.05) is 17.3 Å². The minimum atomic E-state index is -0.101. The van der Waals surface area contributed by atoms with Crippen LogP contribution in [0, 0.1) is 12.8 Å². The van der Waals surface area contributed by atoms with E-state index in [0.29, 0.717) is 5.92 Å². The van der Waals surface area contributed by atoms with Gasteiger partial charge in [-0.3, -0.25) is 0 Å². The van der Waals surface area contributed by atoms with Crippen molar-refractivity contribution < 1.29 is 0 Å². The molecule has 0 spiro atoms. The van der Waals surface area contributed by atoms with Crippen molar-refractivity contribution in [3.8, 4) is 0 Å². The summed E-state index contributed by atoms with van der Waals surface area (Å²) in [6, 6.07) is 6.22. The highest BCUT2D eigenvalue weighted by molar-refractivity contribution is 6.26. The van der Waals surface area contributed by atoms with Crippen molar-refractivity contribution in [3.63, 3.8) is 0 Å². The maximum Gasteiger partial charge on any atom is 0.0508 e. The second-order valence-corrected chi connectivity index (χ2v) is 5.82. The van der Waals surface area contributed by atoms with Gasteiger partial charge in [0.15, 0.2) is 0 Å². The SMILES string of the molecule is C=Cc1cc(NC(=C)C2CC2(C)Cl)ccc1C. The first-order valence-corrected chi connectivity index (χ1v) is 6.19. The predicted octanol–water partition coefficient (Wildman–Crippen LogP) is 4.58. The van der Waals surface area contributed by atoms with Crippen molar-refractivity contribution in [2.24, 2.45) is 5.92 Å². The van der Waals surface area contributed by atoms with E-state index in [1.54, 1.807) is 0 Å². The van der Waals surface area contributed by atoms with E-state index in [-0.39, 0.29) is 4.87 Å². The first-order chi connectivity index (χ1) is 7.94. The Bertz CT molecular complexity index is 474. The molecular formula is C15H18ClN. The van der Waals surface area contributed by atoms with Gasteiger partial charge in [-0.25, -0.2) is 0 Å². The molecule has 1 aromatic carbocycles. The van der Waals surface area contributed by atoms with Gasteiger partial charge in [-0.15, -0.1) is 11.6 Å². The summed E-state index contributed by atoms with van der Waals surface area (Å²) in [5, 5.41) is 3.33. The molecule has 1 aliphatic rings. The molecule has 1 fully saturated rings. The van der Waals surface area contributed by atoms with Crippen molar-refractivity contribution in [3.05, 3.63) is 48.2 Å². The van der Waals surface area contributed by atoms with Gasteiger partial charge in [-0.2, -0.15) is 0 Å². The van der Waals surface area contributed by atoms with Crippen LogP contribution in [0.1, 0.15) is 24.5 Å². The highest BCUT2D eigenvalue weighted by Crippen LogP contribution is 2.52. The molecule has 0 heterocycles. The van der Waals surface area contributed by atoms with Crippen LogP contribution >= 0.6 is 11.6 Å². The third kappa shape index (κ3) is 2.55. The van der Waals surface area contributed by atoms with Gasteiger partial charge < -0.3 is 5.32 Å². The Morgan fingerprint density at radius 2 is 2.24 bits per heavy atom. The van der Waals surface area contributed by atoms with Crippen molar-refractivity contribution in [2.45, 2.75) is 25.1 Å². The lowest BCUT2D eigenvalue weighted by molar-refractivity contribution is 0.899. The van der Waals surface area contributed by atoms with Gasteiger partial charge in [0.2, 0.25) is 0 Å². The van der Waals surface area contributed by atoms with Crippen LogP contribution in [0.15, 0.2) is 37.1 Å². The van der Waals surface area contributed by atoms with Crippen LogP contribution in [0.3, 0.4) is 0 Å². The summed E-state index contributed by atoms with van der Waals surface area (Å²) in [6.45, 7) is 12.0. The van der Waals surface area contributed by atoms with Crippen LogP contribution in [-0.2, 0) is 0 Å². The lowest BCUT2D eigenvalue weighted by Crippen LogP contribution is -2.05. The van der Waals surface area contributed by atoms with E-state index in [1.165, 1.54) is 5.56 Å². The molecule has 2 atom stereocenters. The average Bonchev–Trinajstić information content (AvgIpc) is 2.91. The monoisotopic (exact) mass is 247 g/mol. The molecule has 90 valence electrons. The Labute approximate surface area is 108 Å². The molecule has 1 aromatic rings. The van der Waals surface area contributed by atoms with Crippen LogP contribution in [0.2, 0.25) is 0 Å². The molecular weight excluding hydrogens is 230 g/mol. The molecule has 2 heteroatoms. The number of rotatable bonds is 4. The van der Waals surface area contributed by atoms with E-state index in [2.05, 4.69) is 50.5 Å². The molecule has 0 aromatic heterocycles. The molecule has 1 saturated carbocycles. The van der Waals surface area contributed by atoms with E-state index in [4.69, 9.17) is 11.6 Å². The first kappa shape index (κ1) is 12.3. The number of anilines is 1. The quantitative estimate of drug-likeness (QED) is 0.768. The molecule has 2 unspecified atom stereocenters. The number of aryl methyl sites for hydroxylation is 1. The minimum absolute atomic E-state index is 0.101. The Kier molecular flexibility index (Phi) is 3.05. The Balaban J connectivity index is 2.09. The van der Waals surface area contributed by atoms with Crippen molar-refractivity contribution in [1.29, 1.82) is 0 Å². The van der Waals surface area contributed by atoms with E-state index in [1.807, 2.05) is 6.08 Å². The van der Waals surface area contributed by atoms with Crippen LogP contribution in [0.25, 0.3) is 6.08 Å². The summed E-state index contributed by atoms with van der Waals surface area (Å²) in [5.74, 6) is 0.373. The number of halogens is 1. The Morgan fingerprint density at radius 1 is 1.59 bits per heavy atom. The number of allylic oxidation sites excluding steroid dienone is 1. The zero-order chi connectivity index (χ0) is 12.6. The number of hydrogen-bond donors (Lipinski definition) is 1. The van der Waals surface area contributed by atoms with E-state index >= 15 is 0 Å². The standard InChI is InChI=1S/C15H18ClN/c1-5-12-8-13(7-6-10(12)2)17-11(3)14-9-15(14,4)16/h5-8,14,17H,1,3,9H2,2,4H3. The second-order valence-electron chi connectivity index (χ2n) is 4.96. The molecule has 0 aliphatic heterocycles. The van der Waals surface area contributed by atoms with Crippen LogP contribution in [0.4, 0.5) is 5.69 Å². The van der Waals surface area contributed by atoms with Crippen molar-refractivity contribution in [2.75, 3.05) is 5.32 Å². The Morgan fingerprint density at radius 3 is 2.76 bits per heavy atom. The van der Waals surface area contributed by atoms with E-state index < -0.39 is 0 Å². The largest absolute Gasteiger partial charge is 0.359 e. The molecule has 0 amide bonds. The number of nitrogens with one attached hydrogen (secondary N) is 1. The van der Waals surface area contributed by atoms with Gasteiger partial charge in [-0.05, 0) is 43.5 Å². The average molecular weight is 248 g/mol. The molecule has 1 aliphatic carbocycles. The third-order valence-electron chi connectivity index (χ3n) is 3.39. The zero-order valence-corrected chi connectivity index (χ0v) is 11.1. The van der Waals surface area contributed by atoms with Gasteiger partial charge >= 0.3 is 0 Å². The molecule has 1 nitrogen and oxygen atoms in total. The molecule has 1 N–H and O–H groups in total. The zero-order valence-electron chi connectivity index (χ0n) is 10.4. The highest BCUT2D eigenvalue weighted by Gasteiger charge is 2.50. The summed E-state index contributed by atoms with van der Waals surface area (Å²) in [4.78, 5) is -0.101. The van der Waals surface area contributed by atoms with Crippen molar-refractivity contribution in [1.82, 2.24) is 0 Å². The van der Waals surface area contributed by atoms with E-state index in [0.717, 1.165) is 23.4 Å². The molecule has 2 rings (SSSR count). The van der Waals surface area contributed by atoms with Gasteiger partial charge in [0.25, 0.3) is 0 Å². The topological polar surface area (TPSA) is 12.0 Å². The maximum absolute atomic E-state index is 6.24. The minimum Gasteiger partial charge on any atom is -0.359 e. The van der Waals surface area contributed by atoms with Gasteiger partial charge in [-0.1, -0.05) is 25.3 Å².